The highest BCUT2D eigenvalue weighted by Crippen LogP contribution is 2.37. The zero-order valence-corrected chi connectivity index (χ0v) is 20.4. The number of hydrogen-bond acceptors (Lipinski definition) is 5. The Labute approximate surface area is 204 Å². The van der Waals surface area contributed by atoms with Crippen molar-refractivity contribution in [2.24, 2.45) is 0 Å². The smallest absolute Gasteiger partial charge is 0.254 e. The van der Waals surface area contributed by atoms with Gasteiger partial charge >= 0.3 is 0 Å². The Hall–Kier alpha value is -3.16. The quantitative estimate of drug-likeness (QED) is 0.428. The number of ether oxygens (including phenoxy) is 2. The van der Waals surface area contributed by atoms with Crippen molar-refractivity contribution in [3.05, 3.63) is 87.6 Å². The highest BCUT2D eigenvalue weighted by atomic mass is 32.1. The molecule has 2 aromatic carbocycles. The number of benzene rings is 2. The van der Waals surface area contributed by atoms with Crippen molar-refractivity contribution in [1.29, 1.82) is 0 Å². The molecule has 7 heteroatoms. The SMILES string of the molecule is COCCCN(CC(=O)N1CCc2sccc2C1c1ccccc1)C(=O)c1cccc(OC)c1. The molecule has 0 aliphatic carbocycles. The second-order valence-electron chi connectivity index (χ2n) is 8.25. The third-order valence-electron chi connectivity index (χ3n) is 6.11. The van der Waals surface area contributed by atoms with Gasteiger partial charge in [0.05, 0.1) is 13.2 Å². The summed E-state index contributed by atoms with van der Waals surface area (Å²) in [6.07, 6.45) is 1.48. The molecule has 0 spiro atoms. The van der Waals surface area contributed by atoms with Crippen LogP contribution in [0.1, 0.15) is 38.8 Å². The number of thiophene rings is 1. The number of carbonyl (C=O) groups excluding carboxylic acids is 2. The molecule has 0 radical (unpaired) electrons. The zero-order chi connectivity index (χ0) is 23.9. The molecule has 4 rings (SSSR count). The van der Waals surface area contributed by atoms with E-state index in [1.807, 2.05) is 23.1 Å². The van der Waals surface area contributed by atoms with Crippen LogP contribution in [0.4, 0.5) is 0 Å². The molecule has 6 nitrogen and oxygen atoms in total. The fourth-order valence-corrected chi connectivity index (χ4v) is 5.33. The molecule has 0 N–H and O–H groups in total. The maximum atomic E-state index is 13.7. The number of fused-ring (bicyclic) bond motifs is 1. The molecule has 0 bridgehead atoms. The van der Waals surface area contributed by atoms with Gasteiger partial charge in [0.1, 0.15) is 12.3 Å². The van der Waals surface area contributed by atoms with Crippen LogP contribution in [0.25, 0.3) is 0 Å². The predicted molar refractivity (Wildman–Crippen MR) is 133 cm³/mol. The number of rotatable bonds is 9. The van der Waals surface area contributed by atoms with E-state index in [0.29, 0.717) is 37.4 Å². The summed E-state index contributed by atoms with van der Waals surface area (Å²) in [5.74, 6) is 0.367. The van der Waals surface area contributed by atoms with Crippen molar-refractivity contribution in [3.63, 3.8) is 0 Å². The van der Waals surface area contributed by atoms with Crippen LogP contribution in [0.15, 0.2) is 66.0 Å². The van der Waals surface area contributed by atoms with Gasteiger partial charge in [0, 0.05) is 37.2 Å². The Kier molecular flexibility index (Phi) is 7.98. The first kappa shape index (κ1) is 24.0. The van der Waals surface area contributed by atoms with Crippen LogP contribution in [0.2, 0.25) is 0 Å². The van der Waals surface area contributed by atoms with Crippen molar-refractivity contribution >= 4 is 23.2 Å². The van der Waals surface area contributed by atoms with Gasteiger partial charge in [-0.1, -0.05) is 36.4 Å². The van der Waals surface area contributed by atoms with Gasteiger partial charge in [-0.3, -0.25) is 9.59 Å². The van der Waals surface area contributed by atoms with Crippen molar-refractivity contribution in [3.8, 4) is 5.75 Å². The number of hydrogen-bond donors (Lipinski definition) is 0. The van der Waals surface area contributed by atoms with Crippen LogP contribution in [0.3, 0.4) is 0 Å². The van der Waals surface area contributed by atoms with Crippen LogP contribution < -0.4 is 4.74 Å². The Morgan fingerprint density at radius 1 is 1.09 bits per heavy atom. The largest absolute Gasteiger partial charge is 0.497 e. The van der Waals surface area contributed by atoms with E-state index in [2.05, 4.69) is 23.6 Å². The second-order valence-corrected chi connectivity index (χ2v) is 9.26. The molecule has 178 valence electrons. The highest BCUT2D eigenvalue weighted by Gasteiger charge is 2.34. The molecule has 0 fully saturated rings. The van der Waals surface area contributed by atoms with Crippen LogP contribution in [0, 0.1) is 0 Å². The molecule has 1 aromatic heterocycles. The molecular formula is C27H30N2O4S. The molecule has 1 atom stereocenters. The van der Waals surface area contributed by atoms with Gasteiger partial charge in [-0.2, -0.15) is 0 Å². The normalized spacial score (nSPS) is 15.0. The second kappa shape index (κ2) is 11.3. The summed E-state index contributed by atoms with van der Waals surface area (Å²) in [5.41, 5.74) is 2.77. The molecule has 34 heavy (non-hydrogen) atoms. The number of carbonyl (C=O) groups is 2. The molecule has 1 aliphatic rings. The van der Waals surface area contributed by atoms with Gasteiger partial charge in [-0.25, -0.2) is 0 Å². The fourth-order valence-electron chi connectivity index (χ4n) is 4.42. The maximum Gasteiger partial charge on any atom is 0.254 e. The predicted octanol–water partition coefficient (Wildman–Crippen LogP) is 4.41. The van der Waals surface area contributed by atoms with Gasteiger partial charge in [0.15, 0.2) is 0 Å². The van der Waals surface area contributed by atoms with E-state index < -0.39 is 0 Å². The lowest BCUT2D eigenvalue weighted by Crippen LogP contribution is -2.47. The monoisotopic (exact) mass is 478 g/mol. The number of nitrogens with zero attached hydrogens (tertiary/aromatic N) is 2. The Morgan fingerprint density at radius 3 is 2.68 bits per heavy atom. The van der Waals surface area contributed by atoms with Crippen LogP contribution >= 0.6 is 11.3 Å². The average Bonchev–Trinajstić information content (AvgIpc) is 3.36. The van der Waals surface area contributed by atoms with Crippen LogP contribution in [-0.2, 0) is 16.0 Å². The summed E-state index contributed by atoms with van der Waals surface area (Å²) in [4.78, 5) is 32.0. The van der Waals surface area contributed by atoms with E-state index in [-0.39, 0.29) is 24.4 Å². The Bertz CT molecular complexity index is 1110. The van der Waals surface area contributed by atoms with Gasteiger partial charge in [0.2, 0.25) is 5.91 Å². The Morgan fingerprint density at radius 2 is 1.91 bits per heavy atom. The van der Waals surface area contributed by atoms with E-state index in [1.54, 1.807) is 54.7 Å². The van der Waals surface area contributed by atoms with E-state index >= 15 is 0 Å². The van der Waals surface area contributed by atoms with E-state index in [9.17, 15) is 9.59 Å². The van der Waals surface area contributed by atoms with Gasteiger partial charge in [-0.15, -0.1) is 11.3 Å². The summed E-state index contributed by atoms with van der Waals surface area (Å²) < 4.78 is 10.5. The summed E-state index contributed by atoms with van der Waals surface area (Å²) in [7, 11) is 3.21. The minimum atomic E-state index is -0.187. The molecule has 0 saturated heterocycles. The molecular weight excluding hydrogens is 448 g/mol. The lowest BCUT2D eigenvalue weighted by atomic mass is 9.93. The summed E-state index contributed by atoms with van der Waals surface area (Å²) in [5, 5.41) is 2.10. The van der Waals surface area contributed by atoms with Gasteiger partial charge < -0.3 is 19.3 Å². The van der Waals surface area contributed by atoms with Crippen molar-refractivity contribution in [1.82, 2.24) is 9.80 Å². The molecule has 1 aliphatic heterocycles. The topological polar surface area (TPSA) is 59.1 Å². The third kappa shape index (κ3) is 5.32. The highest BCUT2D eigenvalue weighted by molar-refractivity contribution is 7.10. The summed E-state index contributed by atoms with van der Waals surface area (Å²) in [6, 6.07) is 19.1. The standard InChI is InChI=1S/C27H30N2O4S/c1-32-16-7-14-28(27(31)21-10-6-11-22(18-21)33-2)19-25(30)29-15-12-24-23(13-17-34-24)26(29)20-8-4-3-5-9-20/h3-6,8-11,13,17-18,26H,7,12,14-16,19H2,1-2H3. The molecule has 3 aromatic rings. The van der Waals surface area contributed by atoms with E-state index in [1.165, 1.54) is 10.4 Å². The number of methoxy groups -OCH3 is 2. The number of amides is 2. The third-order valence-corrected chi connectivity index (χ3v) is 7.10. The molecule has 2 amide bonds. The summed E-state index contributed by atoms with van der Waals surface area (Å²) >= 11 is 1.74. The average molecular weight is 479 g/mol. The van der Waals surface area contributed by atoms with Gasteiger partial charge in [0.25, 0.3) is 5.91 Å². The van der Waals surface area contributed by atoms with E-state index in [0.717, 1.165) is 12.0 Å². The minimum absolute atomic E-state index is 0.0164. The fraction of sp³-hybridized carbons (Fsp3) is 0.333. The van der Waals surface area contributed by atoms with Gasteiger partial charge in [-0.05, 0) is 53.6 Å². The first-order chi connectivity index (χ1) is 16.6. The molecule has 1 unspecified atom stereocenters. The molecule has 0 saturated carbocycles. The van der Waals surface area contributed by atoms with Crippen molar-refractivity contribution in [2.75, 3.05) is 40.5 Å². The zero-order valence-electron chi connectivity index (χ0n) is 19.6. The Balaban J connectivity index is 1.59. The van der Waals surface area contributed by atoms with Crippen molar-refractivity contribution < 1.29 is 19.1 Å². The summed E-state index contributed by atoms with van der Waals surface area (Å²) in [6.45, 7) is 1.60. The lowest BCUT2D eigenvalue weighted by Gasteiger charge is -2.37. The molecule has 2 heterocycles. The van der Waals surface area contributed by atoms with Crippen LogP contribution in [-0.4, -0.2) is 62.1 Å². The first-order valence-corrected chi connectivity index (χ1v) is 12.3. The minimum Gasteiger partial charge on any atom is -0.497 e. The van der Waals surface area contributed by atoms with Crippen LogP contribution in [0.5, 0.6) is 5.75 Å². The van der Waals surface area contributed by atoms with E-state index in [4.69, 9.17) is 9.47 Å². The lowest BCUT2D eigenvalue weighted by molar-refractivity contribution is -0.134. The maximum absolute atomic E-state index is 13.7. The van der Waals surface area contributed by atoms with Crippen molar-refractivity contribution in [2.45, 2.75) is 18.9 Å². The first-order valence-electron chi connectivity index (χ1n) is 11.4.